The molecule has 1 aliphatic rings. The van der Waals surface area contributed by atoms with Gasteiger partial charge < -0.3 is 20.2 Å². The maximum atomic E-state index is 12.2. The lowest BCUT2D eigenvalue weighted by Gasteiger charge is -2.22. The summed E-state index contributed by atoms with van der Waals surface area (Å²) in [5.41, 5.74) is 0.787. The van der Waals surface area contributed by atoms with Crippen molar-refractivity contribution < 1.29 is 14.7 Å². The van der Waals surface area contributed by atoms with Gasteiger partial charge in [-0.25, -0.2) is 4.79 Å². The third-order valence-corrected chi connectivity index (χ3v) is 3.54. The summed E-state index contributed by atoms with van der Waals surface area (Å²) in [6.45, 7) is 3.42. The quantitative estimate of drug-likeness (QED) is 0.885. The Morgan fingerprint density at radius 1 is 1.10 bits per heavy atom. The number of benzene rings is 1. The van der Waals surface area contributed by atoms with E-state index in [4.69, 9.17) is 5.11 Å². The molecule has 0 unspecified atom stereocenters. The summed E-state index contributed by atoms with van der Waals surface area (Å²) in [6.07, 6.45) is 1.01. The number of rotatable bonds is 4. The highest BCUT2D eigenvalue weighted by Crippen LogP contribution is 2.09. The summed E-state index contributed by atoms with van der Waals surface area (Å²) in [4.78, 5) is 26.7. The van der Waals surface area contributed by atoms with Crippen LogP contribution in [0.3, 0.4) is 0 Å². The molecular formula is C15H21N3O3. The second-order valence-corrected chi connectivity index (χ2v) is 5.12. The molecule has 6 heteroatoms. The van der Waals surface area contributed by atoms with Crippen LogP contribution in [-0.4, -0.2) is 59.6 Å². The van der Waals surface area contributed by atoms with Crippen molar-refractivity contribution in [3.63, 3.8) is 0 Å². The van der Waals surface area contributed by atoms with Crippen molar-refractivity contribution in [2.24, 2.45) is 0 Å². The van der Waals surface area contributed by atoms with Gasteiger partial charge in [-0.1, -0.05) is 18.2 Å². The third kappa shape index (κ3) is 5.07. The molecule has 114 valence electrons. The molecule has 0 bridgehead atoms. The highest BCUT2D eigenvalue weighted by atomic mass is 16.4. The van der Waals surface area contributed by atoms with Gasteiger partial charge in [0.25, 0.3) is 0 Å². The fraction of sp³-hybridized carbons (Fsp3) is 0.467. The highest BCUT2D eigenvalue weighted by molar-refractivity contribution is 5.89. The Labute approximate surface area is 124 Å². The minimum absolute atomic E-state index is 0.0960. The number of amides is 2. The van der Waals surface area contributed by atoms with Gasteiger partial charge in [-0.05, 0) is 25.1 Å². The number of nitrogens with one attached hydrogen (secondary N) is 1. The van der Waals surface area contributed by atoms with Crippen molar-refractivity contribution in [3.8, 4) is 0 Å². The number of para-hydroxylation sites is 1. The second kappa shape index (κ2) is 7.64. The lowest BCUT2D eigenvalue weighted by Crippen LogP contribution is -2.38. The Kier molecular flexibility index (Phi) is 5.57. The number of carboxylic acid groups (broad SMARTS) is 1. The van der Waals surface area contributed by atoms with Gasteiger partial charge in [0.05, 0.1) is 6.42 Å². The van der Waals surface area contributed by atoms with Crippen LogP contribution < -0.4 is 5.32 Å². The molecule has 2 N–H and O–H groups in total. The molecule has 0 aliphatic carbocycles. The van der Waals surface area contributed by atoms with E-state index in [0.29, 0.717) is 19.6 Å². The summed E-state index contributed by atoms with van der Waals surface area (Å²) in [6, 6.07) is 9.28. The van der Waals surface area contributed by atoms with Crippen molar-refractivity contribution in [3.05, 3.63) is 30.3 Å². The molecule has 1 aromatic carbocycles. The van der Waals surface area contributed by atoms with E-state index >= 15 is 0 Å². The largest absolute Gasteiger partial charge is 0.481 e. The third-order valence-electron chi connectivity index (χ3n) is 3.54. The number of hydrogen-bond acceptors (Lipinski definition) is 3. The van der Waals surface area contributed by atoms with Gasteiger partial charge in [-0.15, -0.1) is 0 Å². The molecule has 0 atom stereocenters. The Bertz CT molecular complexity index is 478. The molecule has 21 heavy (non-hydrogen) atoms. The van der Waals surface area contributed by atoms with E-state index in [1.54, 1.807) is 4.90 Å². The maximum absolute atomic E-state index is 12.2. The minimum Gasteiger partial charge on any atom is -0.481 e. The first kappa shape index (κ1) is 15.3. The molecule has 0 aromatic heterocycles. The molecule has 1 fully saturated rings. The molecular weight excluding hydrogens is 270 g/mol. The zero-order chi connectivity index (χ0) is 15.1. The van der Waals surface area contributed by atoms with E-state index in [9.17, 15) is 9.59 Å². The average molecular weight is 291 g/mol. The molecule has 0 spiro atoms. The lowest BCUT2D eigenvalue weighted by molar-refractivity contribution is -0.137. The Hall–Kier alpha value is -2.08. The van der Waals surface area contributed by atoms with Crippen LogP contribution in [0.25, 0.3) is 0 Å². The Morgan fingerprint density at radius 2 is 1.86 bits per heavy atom. The summed E-state index contributed by atoms with van der Waals surface area (Å²) < 4.78 is 0. The van der Waals surface area contributed by atoms with E-state index in [1.807, 2.05) is 30.3 Å². The minimum atomic E-state index is -0.780. The van der Waals surface area contributed by atoms with Crippen LogP contribution in [-0.2, 0) is 4.79 Å². The van der Waals surface area contributed by atoms with Crippen LogP contribution >= 0.6 is 0 Å². The van der Waals surface area contributed by atoms with Crippen molar-refractivity contribution in [1.82, 2.24) is 9.80 Å². The zero-order valence-electron chi connectivity index (χ0n) is 12.0. The normalized spacial score (nSPS) is 16.3. The summed E-state index contributed by atoms with van der Waals surface area (Å²) in [7, 11) is 0. The van der Waals surface area contributed by atoms with E-state index < -0.39 is 5.97 Å². The molecule has 2 rings (SSSR count). The topological polar surface area (TPSA) is 72.9 Å². The number of aliphatic carboxylic acids is 1. The van der Waals surface area contributed by atoms with Crippen LogP contribution in [0.5, 0.6) is 0 Å². The van der Waals surface area contributed by atoms with Gasteiger partial charge in [-0.2, -0.15) is 0 Å². The number of carbonyl (C=O) groups excluding carboxylic acids is 1. The lowest BCUT2D eigenvalue weighted by atomic mass is 10.3. The molecule has 1 heterocycles. The standard InChI is InChI=1S/C15H21N3O3/c19-14(20)7-10-17-8-4-9-18(12-11-17)15(21)16-13-5-2-1-3-6-13/h1-3,5-6H,4,7-12H2,(H,16,21)(H,19,20). The number of urea groups is 1. The molecule has 6 nitrogen and oxygen atoms in total. The number of carbonyl (C=O) groups is 2. The van der Waals surface area contributed by atoms with Crippen molar-refractivity contribution in [1.29, 1.82) is 0 Å². The van der Waals surface area contributed by atoms with Gasteiger partial charge >= 0.3 is 12.0 Å². The predicted molar refractivity (Wildman–Crippen MR) is 80.3 cm³/mol. The Morgan fingerprint density at radius 3 is 2.57 bits per heavy atom. The van der Waals surface area contributed by atoms with Crippen LogP contribution in [0.2, 0.25) is 0 Å². The number of hydrogen-bond donors (Lipinski definition) is 2. The molecule has 1 saturated heterocycles. The van der Waals surface area contributed by atoms with Gasteiger partial charge in [0.1, 0.15) is 0 Å². The number of carboxylic acids is 1. The van der Waals surface area contributed by atoms with Gasteiger partial charge in [-0.3, -0.25) is 4.79 Å². The first-order valence-corrected chi connectivity index (χ1v) is 7.20. The van der Waals surface area contributed by atoms with Crippen molar-refractivity contribution in [2.75, 3.05) is 38.0 Å². The van der Waals surface area contributed by atoms with Crippen LogP contribution in [0.15, 0.2) is 30.3 Å². The zero-order valence-corrected chi connectivity index (χ0v) is 12.0. The first-order valence-electron chi connectivity index (χ1n) is 7.20. The predicted octanol–water partition coefficient (Wildman–Crippen LogP) is 1.70. The van der Waals surface area contributed by atoms with Crippen LogP contribution in [0.4, 0.5) is 10.5 Å². The SMILES string of the molecule is O=C(O)CCN1CCCN(C(=O)Nc2ccccc2)CC1. The van der Waals surface area contributed by atoms with E-state index in [2.05, 4.69) is 10.2 Å². The fourth-order valence-electron chi connectivity index (χ4n) is 2.38. The number of nitrogens with zero attached hydrogens (tertiary/aromatic N) is 2. The highest BCUT2D eigenvalue weighted by Gasteiger charge is 2.19. The summed E-state index contributed by atoms with van der Waals surface area (Å²) >= 11 is 0. The van der Waals surface area contributed by atoms with E-state index in [1.165, 1.54) is 0 Å². The van der Waals surface area contributed by atoms with Gasteiger partial charge in [0.15, 0.2) is 0 Å². The molecule has 1 aliphatic heterocycles. The molecule has 2 amide bonds. The fourth-order valence-corrected chi connectivity index (χ4v) is 2.38. The van der Waals surface area contributed by atoms with Crippen molar-refractivity contribution >= 4 is 17.7 Å². The second-order valence-electron chi connectivity index (χ2n) is 5.12. The van der Waals surface area contributed by atoms with Gasteiger partial charge in [0.2, 0.25) is 0 Å². The number of anilines is 1. The van der Waals surface area contributed by atoms with Crippen molar-refractivity contribution in [2.45, 2.75) is 12.8 Å². The smallest absolute Gasteiger partial charge is 0.321 e. The average Bonchev–Trinajstić information content (AvgIpc) is 2.71. The van der Waals surface area contributed by atoms with Crippen LogP contribution in [0.1, 0.15) is 12.8 Å². The van der Waals surface area contributed by atoms with Crippen LogP contribution in [0, 0.1) is 0 Å². The first-order chi connectivity index (χ1) is 10.1. The monoisotopic (exact) mass is 291 g/mol. The van der Waals surface area contributed by atoms with Gasteiger partial charge in [0, 0.05) is 31.9 Å². The van der Waals surface area contributed by atoms with E-state index in [-0.39, 0.29) is 12.5 Å². The Balaban J connectivity index is 1.82. The summed E-state index contributed by atoms with van der Waals surface area (Å²) in [5.74, 6) is -0.780. The maximum Gasteiger partial charge on any atom is 0.321 e. The van der Waals surface area contributed by atoms with E-state index in [0.717, 1.165) is 25.2 Å². The molecule has 0 saturated carbocycles. The molecule has 0 radical (unpaired) electrons. The summed E-state index contributed by atoms with van der Waals surface area (Å²) in [5, 5.41) is 11.6. The molecule has 1 aromatic rings.